The van der Waals surface area contributed by atoms with Crippen molar-refractivity contribution in [1.82, 2.24) is 5.32 Å². The number of nitrogens with one attached hydrogen (secondary N) is 1. The van der Waals surface area contributed by atoms with Crippen LogP contribution in [0.25, 0.3) is 0 Å². The van der Waals surface area contributed by atoms with Gasteiger partial charge in [-0.25, -0.2) is 0 Å². The van der Waals surface area contributed by atoms with Gasteiger partial charge in [0.05, 0.1) is 6.42 Å². The molecular formula is C17H19NO3S. The predicted octanol–water partition coefficient (Wildman–Crippen LogP) is 3.40. The molecular weight excluding hydrogens is 298 g/mol. The molecule has 0 fully saturated rings. The van der Waals surface area contributed by atoms with Crippen LogP contribution in [0.3, 0.4) is 0 Å². The molecule has 0 saturated carbocycles. The van der Waals surface area contributed by atoms with Crippen LogP contribution in [0.4, 0.5) is 0 Å². The molecule has 0 aliphatic rings. The van der Waals surface area contributed by atoms with E-state index in [0.29, 0.717) is 11.3 Å². The molecule has 2 rings (SSSR count). The van der Waals surface area contributed by atoms with Gasteiger partial charge in [-0.2, -0.15) is 11.3 Å². The standard InChI is InChI=1S/C17H19NO3S/c1-11-8-12(2)16(13(3)9-11)21-15(19)4-6-18-17(20)14-5-7-22-10-14/h5,7-10H,4,6H2,1-3H3,(H,18,20). The van der Waals surface area contributed by atoms with E-state index in [2.05, 4.69) is 5.32 Å². The Labute approximate surface area is 134 Å². The second-order valence-electron chi connectivity index (χ2n) is 5.22. The highest BCUT2D eigenvalue weighted by Crippen LogP contribution is 2.24. The Hall–Kier alpha value is -2.14. The number of aryl methyl sites for hydroxylation is 3. The van der Waals surface area contributed by atoms with Crippen molar-refractivity contribution in [3.05, 3.63) is 51.2 Å². The van der Waals surface area contributed by atoms with Gasteiger partial charge in [0, 0.05) is 17.5 Å². The summed E-state index contributed by atoms with van der Waals surface area (Å²) in [7, 11) is 0. The lowest BCUT2D eigenvalue weighted by Gasteiger charge is -2.11. The summed E-state index contributed by atoms with van der Waals surface area (Å²) in [6, 6.07) is 5.71. The molecule has 4 nitrogen and oxygen atoms in total. The number of hydrogen-bond acceptors (Lipinski definition) is 4. The van der Waals surface area contributed by atoms with Crippen molar-refractivity contribution in [2.24, 2.45) is 0 Å². The lowest BCUT2D eigenvalue weighted by Crippen LogP contribution is -2.26. The van der Waals surface area contributed by atoms with Gasteiger partial charge >= 0.3 is 5.97 Å². The van der Waals surface area contributed by atoms with Crippen molar-refractivity contribution in [3.63, 3.8) is 0 Å². The third kappa shape index (κ3) is 4.18. The lowest BCUT2D eigenvalue weighted by atomic mass is 10.1. The number of benzene rings is 1. The van der Waals surface area contributed by atoms with E-state index < -0.39 is 0 Å². The van der Waals surface area contributed by atoms with Crippen LogP contribution in [0, 0.1) is 20.8 Å². The Morgan fingerprint density at radius 1 is 1.18 bits per heavy atom. The first kappa shape index (κ1) is 16.2. The molecule has 0 atom stereocenters. The molecule has 2 aromatic rings. The van der Waals surface area contributed by atoms with E-state index in [1.807, 2.05) is 38.3 Å². The van der Waals surface area contributed by atoms with Gasteiger partial charge in [-0.1, -0.05) is 17.7 Å². The number of ether oxygens (including phenoxy) is 1. The van der Waals surface area contributed by atoms with E-state index in [9.17, 15) is 9.59 Å². The van der Waals surface area contributed by atoms with Crippen molar-refractivity contribution >= 4 is 23.2 Å². The third-order valence-electron chi connectivity index (χ3n) is 3.22. The number of carbonyl (C=O) groups excluding carboxylic acids is 2. The van der Waals surface area contributed by atoms with Crippen LogP contribution in [-0.4, -0.2) is 18.4 Å². The van der Waals surface area contributed by atoms with Gasteiger partial charge in [0.15, 0.2) is 0 Å². The zero-order valence-corrected chi connectivity index (χ0v) is 13.8. The third-order valence-corrected chi connectivity index (χ3v) is 3.90. The molecule has 1 N–H and O–H groups in total. The van der Waals surface area contributed by atoms with Gasteiger partial charge < -0.3 is 10.1 Å². The molecule has 0 unspecified atom stereocenters. The summed E-state index contributed by atoms with van der Waals surface area (Å²) in [5, 5.41) is 6.32. The van der Waals surface area contributed by atoms with Crippen LogP contribution in [0.1, 0.15) is 33.5 Å². The van der Waals surface area contributed by atoms with E-state index in [-0.39, 0.29) is 24.8 Å². The first-order valence-corrected chi connectivity index (χ1v) is 8.00. The van der Waals surface area contributed by atoms with Crippen molar-refractivity contribution in [2.75, 3.05) is 6.54 Å². The molecule has 5 heteroatoms. The zero-order valence-electron chi connectivity index (χ0n) is 12.9. The van der Waals surface area contributed by atoms with E-state index in [0.717, 1.165) is 16.7 Å². The lowest BCUT2D eigenvalue weighted by molar-refractivity contribution is -0.134. The maximum Gasteiger partial charge on any atom is 0.312 e. The fraction of sp³-hybridized carbons (Fsp3) is 0.294. The van der Waals surface area contributed by atoms with Gasteiger partial charge in [0.2, 0.25) is 0 Å². The SMILES string of the molecule is Cc1cc(C)c(OC(=O)CCNC(=O)c2ccsc2)c(C)c1. The summed E-state index contributed by atoms with van der Waals surface area (Å²) in [6.45, 7) is 6.10. The second-order valence-corrected chi connectivity index (χ2v) is 6.00. The maximum atomic E-state index is 11.9. The van der Waals surface area contributed by atoms with Gasteiger partial charge in [-0.05, 0) is 43.3 Å². The minimum Gasteiger partial charge on any atom is -0.426 e. The van der Waals surface area contributed by atoms with Gasteiger partial charge in [-0.3, -0.25) is 9.59 Å². The molecule has 1 amide bonds. The predicted molar refractivity (Wildman–Crippen MR) is 87.6 cm³/mol. The molecule has 0 aliphatic heterocycles. The Morgan fingerprint density at radius 3 is 2.45 bits per heavy atom. The number of rotatable bonds is 5. The van der Waals surface area contributed by atoms with Crippen molar-refractivity contribution in [1.29, 1.82) is 0 Å². The summed E-state index contributed by atoms with van der Waals surface area (Å²) in [4.78, 5) is 23.6. The summed E-state index contributed by atoms with van der Waals surface area (Å²) in [5.41, 5.74) is 3.63. The average Bonchev–Trinajstić information content (AvgIpc) is 2.97. The van der Waals surface area contributed by atoms with Gasteiger partial charge in [-0.15, -0.1) is 0 Å². The number of amides is 1. The molecule has 0 radical (unpaired) electrons. The normalized spacial score (nSPS) is 10.3. The molecule has 22 heavy (non-hydrogen) atoms. The highest BCUT2D eigenvalue weighted by atomic mass is 32.1. The summed E-state index contributed by atoms with van der Waals surface area (Å²) >= 11 is 1.46. The highest BCUT2D eigenvalue weighted by Gasteiger charge is 2.12. The molecule has 1 heterocycles. The zero-order chi connectivity index (χ0) is 16.1. The summed E-state index contributed by atoms with van der Waals surface area (Å²) in [5.74, 6) is 0.0946. The van der Waals surface area contributed by atoms with Crippen LogP contribution in [0.15, 0.2) is 29.0 Å². The van der Waals surface area contributed by atoms with Crippen molar-refractivity contribution in [2.45, 2.75) is 27.2 Å². The van der Waals surface area contributed by atoms with Gasteiger partial charge in [0.1, 0.15) is 5.75 Å². The second kappa shape index (κ2) is 7.22. The van der Waals surface area contributed by atoms with Crippen LogP contribution < -0.4 is 10.1 Å². The minimum absolute atomic E-state index is 0.142. The van der Waals surface area contributed by atoms with E-state index >= 15 is 0 Å². The Morgan fingerprint density at radius 2 is 1.86 bits per heavy atom. The minimum atomic E-state index is -0.347. The quantitative estimate of drug-likeness (QED) is 0.679. The van der Waals surface area contributed by atoms with E-state index in [1.54, 1.807) is 11.4 Å². The molecule has 0 saturated heterocycles. The number of thiophene rings is 1. The largest absolute Gasteiger partial charge is 0.426 e. The van der Waals surface area contributed by atoms with Crippen molar-refractivity contribution in [3.8, 4) is 5.75 Å². The molecule has 0 aliphatic carbocycles. The number of carbonyl (C=O) groups is 2. The first-order valence-electron chi connectivity index (χ1n) is 7.06. The molecule has 116 valence electrons. The van der Waals surface area contributed by atoms with Crippen LogP contribution in [0.2, 0.25) is 0 Å². The molecule has 0 spiro atoms. The Balaban J connectivity index is 1.85. The molecule has 0 bridgehead atoms. The van der Waals surface area contributed by atoms with Crippen LogP contribution in [-0.2, 0) is 4.79 Å². The van der Waals surface area contributed by atoms with Crippen LogP contribution >= 0.6 is 11.3 Å². The fourth-order valence-corrected chi connectivity index (χ4v) is 2.90. The van der Waals surface area contributed by atoms with Crippen molar-refractivity contribution < 1.29 is 14.3 Å². The van der Waals surface area contributed by atoms with E-state index in [1.165, 1.54) is 11.3 Å². The maximum absolute atomic E-state index is 11.9. The number of hydrogen-bond donors (Lipinski definition) is 1. The van der Waals surface area contributed by atoms with Gasteiger partial charge in [0.25, 0.3) is 5.91 Å². The summed E-state index contributed by atoms with van der Waals surface area (Å²) in [6.07, 6.45) is 0.142. The highest BCUT2D eigenvalue weighted by molar-refractivity contribution is 7.08. The Bertz CT molecular complexity index is 654. The number of esters is 1. The Kier molecular flexibility index (Phi) is 5.33. The van der Waals surface area contributed by atoms with Crippen LogP contribution in [0.5, 0.6) is 5.75 Å². The summed E-state index contributed by atoms with van der Waals surface area (Å²) < 4.78 is 5.42. The fourth-order valence-electron chi connectivity index (χ4n) is 2.27. The van der Waals surface area contributed by atoms with E-state index in [4.69, 9.17) is 4.74 Å². The average molecular weight is 317 g/mol. The topological polar surface area (TPSA) is 55.4 Å². The molecule has 1 aromatic heterocycles. The smallest absolute Gasteiger partial charge is 0.312 e. The molecule has 1 aromatic carbocycles. The monoisotopic (exact) mass is 317 g/mol. The first-order chi connectivity index (χ1) is 10.5.